The van der Waals surface area contributed by atoms with Crippen LogP contribution in [-0.4, -0.2) is 26.5 Å². The van der Waals surface area contributed by atoms with Gasteiger partial charge < -0.3 is 0 Å². The number of tetrazole rings is 1. The van der Waals surface area contributed by atoms with E-state index in [1.807, 2.05) is 30.5 Å². The summed E-state index contributed by atoms with van der Waals surface area (Å²) >= 11 is 1.61. The van der Waals surface area contributed by atoms with Gasteiger partial charge in [0.25, 0.3) is 0 Å². The number of aromatic amines is 1. The summed E-state index contributed by atoms with van der Waals surface area (Å²) in [6.07, 6.45) is 1.98. The van der Waals surface area contributed by atoms with Crippen LogP contribution in [0.25, 0.3) is 5.69 Å². The van der Waals surface area contributed by atoms with Crippen molar-refractivity contribution in [2.45, 2.75) is 4.90 Å². The van der Waals surface area contributed by atoms with E-state index < -0.39 is 0 Å². The molecule has 0 atom stereocenters. The highest BCUT2D eigenvalue weighted by Crippen LogP contribution is 2.16. The first-order valence-corrected chi connectivity index (χ1v) is 5.18. The quantitative estimate of drug-likeness (QED) is 0.737. The molecule has 0 aliphatic carbocycles. The lowest BCUT2D eigenvalue weighted by Crippen LogP contribution is -2.15. The van der Waals surface area contributed by atoms with Crippen molar-refractivity contribution in [2.24, 2.45) is 0 Å². The molecular weight excluding hydrogens is 200 g/mol. The highest BCUT2D eigenvalue weighted by Gasteiger charge is 2.02. The highest BCUT2D eigenvalue weighted by molar-refractivity contribution is 7.98. The van der Waals surface area contributed by atoms with Crippen LogP contribution in [0.1, 0.15) is 0 Å². The number of benzene rings is 1. The molecule has 0 aliphatic heterocycles. The standard InChI is InChI=1S/C8H8N4OS/c1-14-7-4-2-3-6(5-7)12-8(13)9-10-11-12/h2-5H,1H3,(H,9,11,13). The molecule has 72 valence electrons. The Hall–Kier alpha value is -1.56. The number of nitrogens with zero attached hydrogens (tertiary/aromatic N) is 3. The number of hydrogen-bond acceptors (Lipinski definition) is 4. The van der Waals surface area contributed by atoms with Gasteiger partial charge in [-0.05, 0) is 34.9 Å². The van der Waals surface area contributed by atoms with E-state index in [2.05, 4.69) is 15.5 Å². The Morgan fingerprint density at radius 3 is 3.00 bits per heavy atom. The zero-order valence-electron chi connectivity index (χ0n) is 7.47. The molecule has 6 heteroatoms. The van der Waals surface area contributed by atoms with E-state index in [1.165, 1.54) is 4.68 Å². The van der Waals surface area contributed by atoms with Gasteiger partial charge in [-0.15, -0.1) is 11.8 Å². The molecule has 0 saturated heterocycles. The topological polar surface area (TPSA) is 63.6 Å². The number of nitrogens with one attached hydrogen (secondary N) is 1. The van der Waals surface area contributed by atoms with Crippen molar-refractivity contribution in [1.82, 2.24) is 20.2 Å². The normalized spacial score (nSPS) is 10.4. The summed E-state index contributed by atoms with van der Waals surface area (Å²) in [6, 6.07) is 7.54. The SMILES string of the molecule is CSc1cccc(-n2nn[nH]c2=O)c1. The van der Waals surface area contributed by atoms with Crippen molar-refractivity contribution >= 4 is 11.8 Å². The second kappa shape index (κ2) is 3.67. The van der Waals surface area contributed by atoms with E-state index in [0.29, 0.717) is 0 Å². The van der Waals surface area contributed by atoms with Crippen LogP contribution in [0.5, 0.6) is 0 Å². The summed E-state index contributed by atoms with van der Waals surface area (Å²) in [7, 11) is 0. The smallest absolute Gasteiger partial charge is 0.244 e. The summed E-state index contributed by atoms with van der Waals surface area (Å²) in [5, 5.41) is 9.32. The number of rotatable bonds is 2. The van der Waals surface area contributed by atoms with Gasteiger partial charge in [-0.3, -0.25) is 0 Å². The summed E-state index contributed by atoms with van der Waals surface area (Å²) in [5.74, 6) is 0. The summed E-state index contributed by atoms with van der Waals surface area (Å²) in [6.45, 7) is 0. The second-order valence-electron chi connectivity index (χ2n) is 2.62. The third-order valence-electron chi connectivity index (χ3n) is 1.77. The van der Waals surface area contributed by atoms with Crippen LogP contribution in [-0.2, 0) is 0 Å². The van der Waals surface area contributed by atoms with Crippen LogP contribution in [0.2, 0.25) is 0 Å². The maximum Gasteiger partial charge on any atom is 0.365 e. The predicted octanol–water partition coefficient (Wildman–Crippen LogP) is 0.677. The molecule has 0 bridgehead atoms. The summed E-state index contributed by atoms with van der Waals surface area (Å²) in [4.78, 5) is 12.3. The molecule has 1 N–H and O–H groups in total. The first kappa shape index (κ1) is 9.01. The van der Waals surface area contributed by atoms with Gasteiger partial charge in [0.1, 0.15) is 0 Å². The zero-order valence-corrected chi connectivity index (χ0v) is 8.28. The van der Waals surface area contributed by atoms with E-state index in [9.17, 15) is 4.79 Å². The number of H-pyrrole nitrogens is 1. The first-order valence-electron chi connectivity index (χ1n) is 3.96. The van der Waals surface area contributed by atoms with Crippen molar-refractivity contribution in [3.8, 4) is 5.69 Å². The van der Waals surface area contributed by atoms with Crippen molar-refractivity contribution in [3.05, 3.63) is 34.7 Å². The van der Waals surface area contributed by atoms with Crippen molar-refractivity contribution in [3.63, 3.8) is 0 Å². The summed E-state index contributed by atoms with van der Waals surface area (Å²) < 4.78 is 1.22. The fourth-order valence-electron chi connectivity index (χ4n) is 1.11. The Labute approximate surface area is 84.1 Å². The minimum atomic E-state index is -0.330. The largest absolute Gasteiger partial charge is 0.365 e. The maximum atomic E-state index is 11.2. The lowest BCUT2D eigenvalue weighted by Gasteiger charge is -1.99. The molecule has 0 saturated carbocycles. The molecule has 0 fully saturated rings. The van der Waals surface area contributed by atoms with Gasteiger partial charge in [0.2, 0.25) is 0 Å². The van der Waals surface area contributed by atoms with Crippen LogP contribution in [0, 0.1) is 0 Å². The third kappa shape index (κ3) is 1.56. The molecule has 0 aliphatic rings. The molecule has 14 heavy (non-hydrogen) atoms. The van der Waals surface area contributed by atoms with Crippen LogP contribution >= 0.6 is 11.8 Å². The van der Waals surface area contributed by atoms with Gasteiger partial charge in [-0.1, -0.05) is 6.07 Å². The fourth-order valence-corrected chi connectivity index (χ4v) is 1.56. The molecule has 5 nitrogen and oxygen atoms in total. The Bertz CT molecular complexity index is 490. The predicted molar refractivity (Wildman–Crippen MR) is 53.8 cm³/mol. The highest BCUT2D eigenvalue weighted by atomic mass is 32.2. The minimum absolute atomic E-state index is 0.330. The van der Waals surface area contributed by atoms with E-state index in [0.717, 1.165) is 10.6 Å². The third-order valence-corrected chi connectivity index (χ3v) is 2.50. The molecule has 1 aromatic carbocycles. The molecule has 1 aromatic heterocycles. The average molecular weight is 208 g/mol. The molecule has 0 unspecified atom stereocenters. The van der Waals surface area contributed by atoms with Gasteiger partial charge in [-0.25, -0.2) is 9.89 Å². The molecular formula is C8H8N4OS. The van der Waals surface area contributed by atoms with Gasteiger partial charge in [0, 0.05) is 4.90 Å². The van der Waals surface area contributed by atoms with E-state index in [-0.39, 0.29) is 5.69 Å². The molecule has 1 heterocycles. The lowest BCUT2D eigenvalue weighted by molar-refractivity contribution is 0.778. The van der Waals surface area contributed by atoms with Gasteiger partial charge in [0.05, 0.1) is 5.69 Å². The van der Waals surface area contributed by atoms with Crippen molar-refractivity contribution in [2.75, 3.05) is 6.26 Å². The Balaban J connectivity index is 2.52. The van der Waals surface area contributed by atoms with Crippen LogP contribution in [0.15, 0.2) is 34.0 Å². The van der Waals surface area contributed by atoms with Gasteiger partial charge in [0.15, 0.2) is 0 Å². The van der Waals surface area contributed by atoms with E-state index in [4.69, 9.17) is 0 Å². The first-order chi connectivity index (χ1) is 6.81. The van der Waals surface area contributed by atoms with Crippen molar-refractivity contribution < 1.29 is 0 Å². The second-order valence-corrected chi connectivity index (χ2v) is 3.50. The van der Waals surface area contributed by atoms with E-state index >= 15 is 0 Å². The maximum absolute atomic E-state index is 11.2. The van der Waals surface area contributed by atoms with Crippen LogP contribution < -0.4 is 5.69 Å². The van der Waals surface area contributed by atoms with E-state index in [1.54, 1.807) is 11.8 Å². The number of aromatic nitrogens is 4. The Morgan fingerprint density at radius 1 is 1.50 bits per heavy atom. The Kier molecular flexibility index (Phi) is 2.36. The molecule has 2 aromatic rings. The molecule has 0 spiro atoms. The molecule has 0 amide bonds. The number of thioether (sulfide) groups is 1. The van der Waals surface area contributed by atoms with Crippen LogP contribution in [0.4, 0.5) is 0 Å². The lowest BCUT2D eigenvalue weighted by atomic mass is 10.3. The molecule has 2 rings (SSSR count). The minimum Gasteiger partial charge on any atom is -0.244 e. The van der Waals surface area contributed by atoms with Gasteiger partial charge in [-0.2, -0.15) is 4.68 Å². The summed E-state index contributed by atoms with van der Waals surface area (Å²) in [5.41, 5.74) is 0.388. The number of hydrogen-bond donors (Lipinski definition) is 1. The van der Waals surface area contributed by atoms with Crippen LogP contribution in [0.3, 0.4) is 0 Å². The van der Waals surface area contributed by atoms with Gasteiger partial charge >= 0.3 is 5.69 Å². The van der Waals surface area contributed by atoms with Crippen molar-refractivity contribution in [1.29, 1.82) is 0 Å². The fraction of sp³-hybridized carbons (Fsp3) is 0.125. The monoisotopic (exact) mass is 208 g/mol. The average Bonchev–Trinajstić information content (AvgIpc) is 2.65. The zero-order chi connectivity index (χ0) is 9.97. The Morgan fingerprint density at radius 2 is 2.36 bits per heavy atom. The molecule has 0 radical (unpaired) electrons.